The predicted molar refractivity (Wildman–Crippen MR) is 49.0 cm³/mol. The minimum absolute atomic E-state index is 0.0407. The van der Waals surface area contributed by atoms with Crippen LogP contribution < -0.4 is 5.09 Å². The third kappa shape index (κ3) is 1.68. The first-order chi connectivity index (χ1) is 5.65. The molecule has 0 saturated carbocycles. The Labute approximate surface area is 71.6 Å². The zero-order valence-corrected chi connectivity index (χ0v) is 7.60. The maximum Gasteiger partial charge on any atom is 0.290 e. The molecule has 12 heavy (non-hydrogen) atoms. The Morgan fingerprint density at radius 3 is 2.75 bits per heavy atom. The minimum atomic E-state index is -0.449. The first-order valence-electron chi connectivity index (χ1n) is 3.24. The van der Waals surface area contributed by atoms with Crippen molar-refractivity contribution in [2.24, 2.45) is 0 Å². The number of anilines is 1. The maximum absolute atomic E-state index is 10.4. The van der Waals surface area contributed by atoms with E-state index in [-0.39, 0.29) is 5.69 Å². The number of aryl methyl sites for hydroxylation is 1. The standard InChI is InChI=1S/C6H8N3O2P/c1-4-5(9(10)11)2-3-6(7-4)8-12/h2-3H,12H2,1H3,(H,7,8). The Hall–Kier alpha value is -1.22. The van der Waals surface area contributed by atoms with Gasteiger partial charge in [-0.15, -0.1) is 0 Å². The third-order valence-corrected chi connectivity index (χ3v) is 1.70. The van der Waals surface area contributed by atoms with Crippen molar-refractivity contribution in [1.29, 1.82) is 0 Å². The first-order valence-corrected chi connectivity index (χ1v) is 3.81. The van der Waals surface area contributed by atoms with Crippen molar-refractivity contribution in [3.8, 4) is 0 Å². The van der Waals surface area contributed by atoms with Gasteiger partial charge in [-0.3, -0.25) is 10.1 Å². The minimum Gasteiger partial charge on any atom is -0.355 e. The molecule has 0 spiro atoms. The Kier molecular flexibility index (Phi) is 2.55. The number of rotatable bonds is 2. The lowest BCUT2D eigenvalue weighted by Gasteiger charge is -1.99. The summed E-state index contributed by atoms with van der Waals surface area (Å²) in [4.78, 5) is 13.9. The highest BCUT2D eigenvalue weighted by Crippen LogP contribution is 2.17. The van der Waals surface area contributed by atoms with E-state index in [0.29, 0.717) is 11.5 Å². The molecule has 0 aliphatic carbocycles. The molecule has 1 aromatic heterocycles. The number of pyridine rings is 1. The first kappa shape index (κ1) is 8.87. The molecule has 64 valence electrons. The summed E-state index contributed by atoms with van der Waals surface area (Å²) in [6.45, 7) is 1.60. The van der Waals surface area contributed by atoms with Crippen molar-refractivity contribution in [1.82, 2.24) is 4.98 Å². The van der Waals surface area contributed by atoms with E-state index in [9.17, 15) is 10.1 Å². The monoisotopic (exact) mass is 185 g/mol. The summed E-state index contributed by atoms with van der Waals surface area (Å²) < 4.78 is 0. The zero-order valence-electron chi connectivity index (χ0n) is 6.44. The zero-order chi connectivity index (χ0) is 9.14. The van der Waals surface area contributed by atoms with Crippen LogP contribution in [0.4, 0.5) is 11.5 Å². The predicted octanol–water partition coefficient (Wildman–Crippen LogP) is 1.50. The molecule has 1 aromatic rings. The molecule has 1 unspecified atom stereocenters. The van der Waals surface area contributed by atoms with E-state index in [1.54, 1.807) is 13.0 Å². The van der Waals surface area contributed by atoms with E-state index < -0.39 is 4.92 Å². The third-order valence-electron chi connectivity index (χ3n) is 1.40. The fourth-order valence-corrected chi connectivity index (χ4v) is 0.988. The van der Waals surface area contributed by atoms with Crippen LogP contribution in [-0.2, 0) is 0 Å². The summed E-state index contributed by atoms with van der Waals surface area (Å²) in [5.41, 5.74) is 0.450. The lowest BCUT2D eigenvalue weighted by Crippen LogP contribution is -1.95. The second-order valence-electron chi connectivity index (χ2n) is 2.20. The van der Waals surface area contributed by atoms with E-state index in [2.05, 4.69) is 19.5 Å². The van der Waals surface area contributed by atoms with E-state index in [1.165, 1.54) is 6.07 Å². The van der Waals surface area contributed by atoms with E-state index >= 15 is 0 Å². The largest absolute Gasteiger partial charge is 0.355 e. The lowest BCUT2D eigenvalue weighted by atomic mass is 10.3. The van der Waals surface area contributed by atoms with Crippen LogP contribution in [0.1, 0.15) is 5.69 Å². The fraction of sp³-hybridized carbons (Fsp3) is 0.167. The van der Waals surface area contributed by atoms with Gasteiger partial charge in [-0.25, -0.2) is 4.98 Å². The number of hydrogen-bond acceptors (Lipinski definition) is 4. The van der Waals surface area contributed by atoms with Crippen LogP contribution in [-0.4, -0.2) is 9.91 Å². The molecule has 0 bridgehead atoms. The van der Waals surface area contributed by atoms with Gasteiger partial charge in [0.25, 0.3) is 5.69 Å². The quantitative estimate of drug-likeness (QED) is 0.430. The molecular weight excluding hydrogens is 177 g/mol. The van der Waals surface area contributed by atoms with Crippen LogP contribution in [0.25, 0.3) is 0 Å². The van der Waals surface area contributed by atoms with Crippen LogP contribution in [0.5, 0.6) is 0 Å². The molecule has 6 heteroatoms. The molecule has 1 atom stereocenters. The summed E-state index contributed by atoms with van der Waals surface area (Å²) in [5.74, 6) is 0.600. The molecule has 0 fully saturated rings. The maximum atomic E-state index is 10.4. The molecule has 1 rings (SSSR count). The molecular formula is C6H8N3O2P. The summed E-state index contributed by atoms with van der Waals surface area (Å²) in [6.07, 6.45) is 0. The van der Waals surface area contributed by atoms with Crippen molar-refractivity contribution >= 4 is 20.9 Å². The highest BCUT2D eigenvalue weighted by atomic mass is 31.0. The molecule has 0 saturated heterocycles. The molecule has 0 aromatic carbocycles. The number of aromatic nitrogens is 1. The van der Waals surface area contributed by atoms with Gasteiger partial charge in [0, 0.05) is 6.07 Å². The highest BCUT2D eigenvalue weighted by Gasteiger charge is 2.10. The van der Waals surface area contributed by atoms with Gasteiger partial charge in [0.05, 0.1) is 4.92 Å². The molecule has 1 heterocycles. The second kappa shape index (κ2) is 3.45. The fourth-order valence-electron chi connectivity index (χ4n) is 0.827. The SMILES string of the molecule is Cc1nc(NP)ccc1[N+](=O)[O-]. The summed E-state index contributed by atoms with van der Waals surface area (Å²) in [7, 11) is 2.27. The van der Waals surface area contributed by atoms with E-state index in [4.69, 9.17) is 0 Å². The van der Waals surface area contributed by atoms with Crippen LogP contribution >= 0.6 is 9.39 Å². The Bertz CT molecular complexity index is 316. The number of hydrogen-bond donors (Lipinski definition) is 1. The van der Waals surface area contributed by atoms with Crippen LogP contribution in [0.15, 0.2) is 12.1 Å². The number of nitro groups is 1. The molecule has 0 radical (unpaired) electrons. The topological polar surface area (TPSA) is 68.1 Å². The van der Waals surface area contributed by atoms with Gasteiger partial charge in [-0.1, -0.05) is 0 Å². The average molecular weight is 185 g/mol. The second-order valence-corrected chi connectivity index (χ2v) is 2.49. The molecule has 1 N–H and O–H groups in total. The highest BCUT2D eigenvalue weighted by molar-refractivity contribution is 7.18. The van der Waals surface area contributed by atoms with Crippen LogP contribution in [0.2, 0.25) is 0 Å². The van der Waals surface area contributed by atoms with Gasteiger partial charge in [-0.2, -0.15) is 0 Å². The number of nitrogens with one attached hydrogen (secondary N) is 1. The molecule has 0 aliphatic rings. The van der Waals surface area contributed by atoms with Gasteiger partial charge in [-0.05, 0) is 22.4 Å². The number of nitrogens with zero attached hydrogens (tertiary/aromatic N) is 2. The van der Waals surface area contributed by atoms with E-state index in [0.717, 1.165) is 0 Å². The van der Waals surface area contributed by atoms with Gasteiger partial charge in [0.15, 0.2) is 0 Å². The Morgan fingerprint density at radius 1 is 1.67 bits per heavy atom. The summed E-state index contributed by atoms with van der Waals surface area (Å²) in [5, 5.41) is 13.1. The van der Waals surface area contributed by atoms with Crippen molar-refractivity contribution < 1.29 is 4.92 Å². The van der Waals surface area contributed by atoms with Crippen molar-refractivity contribution in [2.45, 2.75) is 6.92 Å². The Balaban J connectivity index is 3.12. The lowest BCUT2D eigenvalue weighted by molar-refractivity contribution is -0.385. The summed E-state index contributed by atoms with van der Waals surface area (Å²) >= 11 is 0. The average Bonchev–Trinajstić information content (AvgIpc) is 2.03. The van der Waals surface area contributed by atoms with Gasteiger partial charge in [0.2, 0.25) is 0 Å². The van der Waals surface area contributed by atoms with Crippen LogP contribution in [0.3, 0.4) is 0 Å². The molecule has 0 aliphatic heterocycles. The molecule has 0 amide bonds. The normalized spacial score (nSPS) is 9.50. The Morgan fingerprint density at radius 2 is 2.33 bits per heavy atom. The van der Waals surface area contributed by atoms with Crippen molar-refractivity contribution in [3.05, 3.63) is 27.9 Å². The van der Waals surface area contributed by atoms with E-state index in [1.807, 2.05) is 0 Å². The van der Waals surface area contributed by atoms with Gasteiger partial charge in [0.1, 0.15) is 11.5 Å². The summed E-state index contributed by atoms with van der Waals surface area (Å²) in [6, 6.07) is 2.98. The van der Waals surface area contributed by atoms with Crippen molar-refractivity contribution in [3.63, 3.8) is 0 Å². The van der Waals surface area contributed by atoms with Crippen LogP contribution in [0, 0.1) is 17.0 Å². The van der Waals surface area contributed by atoms with Gasteiger partial charge >= 0.3 is 0 Å². The van der Waals surface area contributed by atoms with Crippen molar-refractivity contribution in [2.75, 3.05) is 5.09 Å². The molecule has 5 nitrogen and oxygen atoms in total. The van der Waals surface area contributed by atoms with Gasteiger partial charge < -0.3 is 5.09 Å². The smallest absolute Gasteiger partial charge is 0.290 e.